The van der Waals surface area contributed by atoms with Crippen molar-refractivity contribution in [3.8, 4) is 0 Å². The molecular weight excluding hydrogens is 359 g/mol. The number of carboxylic acid groups (broad SMARTS) is 1. The van der Waals surface area contributed by atoms with E-state index in [0.717, 1.165) is 0 Å². The zero-order valence-corrected chi connectivity index (χ0v) is 12.2. The maximum Gasteiger partial charge on any atom is 0.337 e. The molecule has 0 aliphatic rings. The number of aromatic nitrogens is 2. The quantitative estimate of drug-likeness (QED) is 0.635. The Morgan fingerprint density at radius 3 is 2.79 bits per heavy atom. The van der Waals surface area contributed by atoms with Crippen molar-refractivity contribution in [1.82, 2.24) is 9.97 Å². The first-order chi connectivity index (χ1) is 9.00. The first-order valence-corrected chi connectivity index (χ1v) is 6.42. The van der Waals surface area contributed by atoms with Gasteiger partial charge in [-0.15, -0.1) is 0 Å². The Balaban J connectivity index is 2.53. The number of rotatable bonds is 3. The lowest BCUT2D eigenvalue weighted by Gasteiger charge is -2.21. The van der Waals surface area contributed by atoms with E-state index in [4.69, 9.17) is 5.73 Å². The molecule has 0 amide bonds. The maximum absolute atomic E-state index is 11.2. The molecule has 7 heteroatoms. The SMILES string of the molecule is CN(c1ccccc1C(=O)O)c1nc(I)ncc1N. The summed E-state index contributed by atoms with van der Waals surface area (Å²) in [5.41, 5.74) is 6.95. The van der Waals surface area contributed by atoms with Gasteiger partial charge in [0.2, 0.25) is 0 Å². The van der Waals surface area contributed by atoms with Gasteiger partial charge in [0.05, 0.1) is 23.1 Å². The fourth-order valence-corrected chi connectivity index (χ4v) is 2.06. The molecule has 19 heavy (non-hydrogen) atoms. The van der Waals surface area contributed by atoms with Crippen LogP contribution >= 0.6 is 22.6 Å². The van der Waals surface area contributed by atoms with Gasteiger partial charge in [-0.1, -0.05) is 12.1 Å². The molecular formula is C12H11IN4O2. The first-order valence-electron chi connectivity index (χ1n) is 5.34. The second-order valence-electron chi connectivity index (χ2n) is 3.80. The average molecular weight is 370 g/mol. The Morgan fingerprint density at radius 1 is 1.42 bits per heavy atom. The van der Waals surface area contributed by atoms with Gasteiger partial charge in [-0.05, 0) is 12.1 Å². The molecule has 2 rings (SSSR count). The van der Waals surface area contributed by atoms with Gasteiger partial charge >= 0.3 is 5.97 Å². The largest absolute Gasteiger partial charge is 0.478 e. The number of anilines is 3. The Labute approximate surface area is 123 Å². The van der Waals surface area contributed by atoms with Crippen LogP contribution in [0.15, 0.2) is 30.5 Å². The third kappa shape index (κ3) is 2.75. The minimum atomic E-state index is -0.996. The molecule has 0 bridgehead atoms. The number of hydrogen-bond donors (Lipinski definition) is 2. The number of aromatic carboxylic acids is 1. The minimum absolute atomic E-state index is 0.193. The van der Waals surface area contributed by atoms with Crippen molar-refractivity contribution in [3.63, 3.8) is 0 Å². The van der Waals surface area contributed by atoms with Crippen LogP contribution in [-0.2, 0) is 0 Å². The van der Waals surface area contributed by atoms with Crippen LogP contribution in [0.1, 0.15) is 10.4 Å². The molecule has 1 aromatic carbocycles. The van der Waals surface area contributed by atoms with Crippen molar-refractivity contribution in [3.05, 3.63) is 39.9 Å². The van der Waals surface area contributed by atoms with Gasteiger partial charge in [-0.25, -0.2) is 14.8 Å². The lowest BCUT2D eigenvalue weighted by atomic mass is 10.1. The third-order valence-electron chi connectivity index (χ3n) is 2.58. The van der Waals surface area contributed by atoms with Crippen molar-refractivity contribution in [2.75, 3.05) is 17.7 Å². The highest BCUT2D eigenvalue weighted by Crippen LogP contribution is 2.29. The van der Waals surface area contributed by atoms with Crippen LogP contribution in [0, 0.1) is 3.83 Å². The van der Waals surface area contributed by atoms with Crippen LogP contribution in [0.2, 0.25) is 0 Å². The molecule has 0 fully saturated rings. The topological polar surface area (TPSA) is 92.3 Å². The predicted molar refractivity (Wildman–Crippen MR) is 80.6 cm³/mol. The first kappa shape index (κ1) is 13.5. The third-order valence-corrected chi connectivity index (χ3v) is 3.10. The van der Waals surface area contributed by atoms with E-state index in [0.29, 0.717) is 21.0 Å². The van der Waals surface area contributed by atoms with Crippen LogP contribution in [0.5, 0.6) is 0 Å². The Morgan fingerprint density at radius 2 is 2.11 bits per heavy atom. The highest BCUT2D eigenvalue weighted by atomic mass is 127. The smallest absolute Gasteiger partial charge is 0.337 e. The molecule has 98 valence electrons. The zero-order chi connectivity index (χ0) is 14.0. The fraction of sp³-hybridized carbons (Fsp3) is 0.0833. The summed E-state index contributed by atoms with van der Waals surface area (Å²) < 4.78 is 0.543. The van der Waals surface area contributed by atoms with Gasteiger partial charge < -0.3 is 15.7 Å². The highest BCUT2D eigenvalue weighted by Gasteiger charge is 2.17. The van der Waals surface area contributed by atoms with Crippen molar-refractivity contribution in [1.29, 1.82) is 0 Å². The lowest BCUT2D eigenvalue weighted by molar-refractivity contribution is 0.0697. The molecule has 1 aromatic heterocycles. The van der Waals surface area contributed by atoms with Crippen LogP contribution < -0.4 is 10.6 Å². The molecule has 0 radical (unpaired) electrons. The van der Waals surface area contributed by atoms with Gasteiger partial charge in [-0.3, -0.25) is 0 Å². The second-order valence-corrected chi connectivity index (χ2v) is 4.76. The number of halogens is 1. The number of nitrogens with two attached hydrogens (primary N) is 1. The number of nitrogen functional groups attached to an aromatic ring is 1. The van der Waals surface area contributed by atoms with Crippen LogP contribution in [0.25, 0.3) is 0 Å². The highest BCUT2D eigenvalue weighted by molar-refractivity contribution is 14.1. The maximum atomic E-state index is 11.2. The zero-order valence-electron chi connectivity index (χ0n) is 10.0. The number of benzene rings is 1. The molecule has 0 aliphatic heterocycles. The summed E-state index contributed by atoms with van der Waals surface area (Å²) in [4.78, 5) is 21.1. The van der Waals surface area contributed by atoms with Crippen LogP contribution in [0.3, 0.4) is 0 Å². The summed E-state index contributed by atoms with van der Waals surface area (Å²) in [6.07, 6.45) is 1.50. The van der Waals surface area contributed by atoms with Gasteiger partial charge in [0.1, 0.15) is 0 Å². The number of nitrogens with zero attached hydrogens (tertiary/aromatic N) is 3. The van der Waals surface area contributed by atoms with E-state index in [1.807, 2.05) is 22.6 Å². The van der Waals surface area contributed by atoms with Gasteiger partial charge in [-0.2, -0.15) is 0 Å². The van der Waals surface area contributed by atoms with Crippen molar-refractivity contribution in [2.24, 2.45) is 0 Å². The second kappa shape index (κ2) is 5.39. The Kier molecular flexibility index (Phi) is 3.84. The number of carboxylic acids is 1. The number of para-hydroxylation sites is 1. The van der Waals surface area contributed by atoms with Crippen LogP contribution in [0.4, 0.5) is 17.2 Å². The van der Waals surface area contributed by atoms with E-state index >= 15 is 0 Å². The van der Waals surface area contributed by atoms with Crippen molar-refractivity contribution >= 4 is 45.8 Å². The van der Waals surface area contributed by atoms with Crippen molar-refractivity contribution < 1.29 is 9.90 Å². The lowest BCUT2D eigenvalue weighted by Crippen LogP contribution is -2.17. The average Bonchev–Trinajstić information content (AvgIpc) is 2.40. The number of carbonyl (C=O) groups is 1. The minimum Gasteiger partial charge on any atom is -0.478 e. The van der Waals surface area contributed by atoms with Gasteiger partial charge in [0.15, 0.2) is 9.65 Å². The standard InChI is InChI=1S/C12H11IN4O2/c1-17(10-8(14)6-15-12(13)16-10)9-5-3-2-4-7(9)11(18)19/h2-6H,14H2,1H3,(H,18,19). The molecule has 2 aromatic rings. The molecule has 0 saturated carbocycles. The monoisotopic (exact) mass is 370 g/mol. The molecule has 0 unspecified atom stereocenters. The summed E-state index contributed by atoms with van der Waals surface area (Å²) in [6.45, 7) is 0. The normalized spacial score (nSPS) is 10.2. The van der Waals surface area contributed by atoms with Crippen molar-refractivity contribution in [2.45, 2.75) is 0 Å². The van der Waals surface area contributed by atoms with E-state index in [9.17, 15) is 9.90 Å². The molecule has 3 N–H and O–H groups in total. The Bertz CT molecular complexity index is 633. The molecule has 6 nitrogen and oxygen atoms in total. The summed E-state index contributed by atoms with van der Waals surface area (Å²) in [5, 5.41) is 9.19. The molecule has 0 atom stereocenters. The summed E-state index contributed by atoms with van der Waals surface area (Å²) in [6, 6.07) is 6.68. The predicted octanol–water partition coefficient (Wildman–Crippen LogP) is 2.13. The summed E-state index contributed by atoms with van der Waals surface area (Å²) in [5.74, 6) is -0.516. The Hall–Kier alpha value is -1.90. The van der Waals surface area contributed by atoms with Gasteiger partial charge in [0.25, 0.3) is 0 Å². The summed E-state index contributed by atoms with van der Waals surface area (Å²) in [7, 11) is 1.72. The number of hydrogen-bond acceptors (Lipinski definition) is 5. The molecule has 0 aliphatic carbocycles. The van der Waals surface area contributed by atoms with E-state index in [2.05, 4.69) is 9.97 Å². The van der Waals surface area contributed by atoms with Gasteiger partial charge in [0, 0.05) is 29.6 Å². The molecule has 1 heterocycles. The molecule has 0 saturated heterocycles. The molecule has 0 spiro atoms. The van der Waals surface area contributed by atoms with E-state index in [1.54, 1.807) is 30.1 Å². The van der Waals surface area contributed by atoms with E-state index < -0.39 is 5.97 Å². The van der Waals surface area contributed by atoms with Crippen LogP contribution in [-0.4, -0.2) is 28.1 Å². The fourth-order valence-electron chi connectivity index (χ4n) is 1.69. The summed E-state index contributed by atoms with van der Waals surface area (Å²) >= 11 is 1.98. The van der Waals surface area contributed by atoms with E-state index in [1.165, 1.54) is 12.3 Å². The van der Waals surface area contributed by atoms with E-state index in [-0.39, 0.29) is 5.56 Å².